The summed E-state index contributed by atoms with van der Waals surface area (Å²) in [6.45, 7) is 3.88. The third-order valence-corrected chi connectivity index (χ3v) is 3.18. The number of amides is 1. The maximum Gasteiger partial charge on any atom is 0.257 e. The topological polar surface area (TPSA) is 75.1 Å². The largest absolute Gasteiger partial charge is 0.396 e. The van der Waals surface area contributed by atoms with E-state index in [2.05, 4.69) is 15.5 Å². The number of aliphatic hydroxyl groups is 1. The van der Waals surface area contributed by atoms with Crippen LogP contribution in [0.25, 0.3) is 0 Å². The summed E-state index contributed by atoms with van der Waals surface area (Å²) in [5.74, 6) is -0.181. The molecule has 2 aromatic rings. The second-order valence-electron chi connectivity index (χ2n) is 4.82. The van der Waals surface area contributed by atoms with Gasteiger partial charge in [-0.2, -0.15) is 10.2 Å². The zero-order chi connectivity index (χ0) is 15.2. The van der Waals surface area contributed by atoms with Gasteiger partial charge in [0.25, 0.3) is 5.91 Å². The third kappa shape index (κ3) is 3.86. The molecule has 2 rings (SSSR count). The molecule has 1 aromatic carbocycles. The SMILES string of the molecule is CCc1nnc(C)cc1C(=O)Nc1ccc(CCO)cc1. The van der Waals surface area contributed by atoms with Crippen LogP contribution in [-0.2, 0) is 12.8 Å². The maximum absolute atomic E-state index is 12.3. The highest BCUT2D eigenvalue weighted by Gasteiger charge is 2.13. The Kier molecular flexibility index (Phi) is 5.00. The fourth-order valence-electron chi connectivity index (χ4n) is 2.05. The zero-order valence-corrected chi connectivity index (χ0v) is 12.3. The molecule has 110 valence electrons. The maximum atomic E-state index is 12.3. The third-order valence-electron chi connectivity index (χ3n) is 3.18. The van der Waals surface area contributed by atoms with Crippen LogP contribution in [0.2, 0.25) is 0 Å². The standard InChI is InChI=1S/C16H19N3O2/c1-3-15-14(10-11(2)18-19-15)16(21)17-13-6-4-12(5-7-13)8-9-20/h4-7,10,20H,3,8-9H2,1-2H3,(H,17,21). The molecule has 5 nitrogen and oxygen atoms in total. The number of aromatic nitrogens is 2. The molecule has 1 heterocycles. The minimum atomic E-state index is -0.181. The van der Waals surface area contributed by atoms with Crippen molar-refractivity contribution in [2.45, 2.75) is 26.7 Å². The van der Waals surface area contributed by atoms with E-state index in [1.807, 2.05) is 38.1 Å². The highest BCUT2D eigenvalue weighted by atomic mass is 16.2. The van der Waals surface area contributed by atoms with Gasteiger partial charge in [0.15, 0.2) is 0 Å². The number of nitrogens with zero attached hydrogens (tertiary/aromatic N) is 2. The lowest BCUT2D eigenvalue weighted by atomic mass is 10.1. The number of carbonyl (C=O) groups excluding carboxylic acids is 1. The number of nitrogens with one attached hydrogen (secondary N) is 1. The monoisotopic (exact) mass is 285 g/mol. The summed E-state index contributed by atoms with van der Waals surface area (Å²) < 4.78 is 0. The first kappa shape index (κ1) is 15.1. The molecule has 0 saturated heterocycles. The zero-order valence-electron chi connectivity index (χ0n) is 12.3. The molecule has 0 fully saturated rings. The van der Waals surface area contributed by atoms with Gasteiger partial charge in [0.2, 0.25) is 0 Å². The van der Waals surface area contributed by atoms with E-state index in [1.165, 1.54) is 0 Å². The Morgan fingerprint density at radius 2 is 1.95 bits per heavy atom. The van der Waals surface area contributed by atoms with Gasteiger partial charge in [-0.1, -0.05) is 19.1 Å². The average Bonchev–Trinajstić information content (AvgIpc) is 2.49. The Balaban J connectivity index is 2.15. The summed E-state index contributed by atoms with van der Waals surface area (Å²) in [6, 6.07) is 9.19. The molecule has 0 aliphatic heterocycles. The van der Waals surface area contributed by atoms with Crippen LogP contribution >= 0.6 is 0 Å². The molecule has 1 aromatic heterocycles. The number of aryl methyl sites for hydroxylation is 2. The summed E-state index contributed by atoms with van der Waals surface area (Å²) in [4.78, 5) is 12.3. The fraction of sp³-hybridized carbons (Fsp3) is 0.312. The number of carbonyl (C=O) groups is 1. The van der Waals surface area contributed by atoms with Gasteiger partial charge in [-0.25, -0.2) is 0 Å². The van der Waals surface area contributed by atoms with Crippen molar-refractivity contribution in [3.8, 4) is 0 Å². The minimum Gasteiger partial charge on any atom is -0.396 e. The Morgan fingerprint density at radius 3 is 2.57 bits per heavy atom. The van der Waals surface area contributed by atoms with Crippen LogP contribution in [0.5, 0.6) is 0 Å². The van der Waals surface area contributed by atoms with E-state index in [4.69, 9.17) is 5.11 Å². The van der Waals surface area contributed by atoms with Gasteiger partial charge in [-0.15, -0.1) is 0 Å². The molecule has 0 spiro atoms. The van der Waals surface area contributed by atoms with E-state index >= 15 is 0 Å². The van der Waals surface area contributed by atoms with E-state index in [-0.39, 0.29) is 12.5 Å². The first-order valence-corrected chi connectivity index (χ1v) is 6.98. The Bertz CT molecular complexity index is 624. The summed E-state index contributed by atoms with van der Waals surface area (Å²) >= 11 is 0. The lowest BCUT2D eigenvalue weighted by molar-refractivity contribution is 0.102. The molecule has 5 heteroatoms. The summed E-state index contributed by atoms with van der Waals surface area (Å²) in [5, 5.41) is 19.8. The van der Waals surface area contributed by atoms with Crippen LogP contribution in [0.3, 0.4) is 0 Å². The number of hydrogen-bond acceptors (Lipinski definition) is 4. The van der Waals surface area contributed by atoms with Crippen LogP contribution in [-0.4, -0.2) is 27.8 Å². The molecule has 2 N–H and O–H groups in total. The quantitative estimate of drug-likeness (QED) is 0.882. The molecule has 0 saturated carbocycles. The van der Waals surface area contributed by atoms with Gasteiger partial charge >= 0.3 is 0 Å². The average molecular weight is 285 g/mol. The van der Waals surface area contributed by atoms with Crippen molar-refractivity contribution in [1.29, 1.82) is 0 Å². The van der Waals surface area contributed by atoms with E-state index < -0.39 is 0 Å². The van der Waals surface area contributed by atoms with Gasteiger partial charge in [0.1, 0.15) is 0 Å². The Hall–Kier alpha value is -2.27. The normalized spacial score (nSPS) is 10.4. The molecular formula is C16H19N3O2. The summed E-state index contributed by atoms with van der Waals surface area (Å²) in [5.41, 5.74) is 3.72. The molecule has 1 amide bonds. The van der Waals surface area contributed by atoms with Crippen LogP contribution < -0.4 is 5.32 Å². The van der Waals surface area contributed by atoms with Gasteiger partial charge < -0.3 is 10.4 Å². The van der Waals surface area contributed by atoms with Crippen molar-refractivity contribution in [2.24, 2.45) is 0 Å². The smallest absolute Gasteiger partial charge is 0.257 e. The van der Waals surface area contributed by atoms with Gasteiger partial charge in [-0.05, 0) is 43.5 Å². The van der Waals surface area contributed by atoms with Gasteiger partial charge in [0, 0.05) is 12.3 Å². The highest BCUT2D eigenvalue weighted by Crippen LogP contribution is 2.14. The minimum absolute atomic E-state index is 0.119. The van der Waals surface area contributed by atoms with Gasteiger partial charge in [0.05, 0.1) is 17.0 Å². The van der Waals surface area contributed by atoms with E-state index in [9.17, 15) is 4.79 Å². The lowest BCUT2D eigenvalue weighted by Gasteiger charge is -2.09. The number of rotatable bonds is 5. The highest BCUT2D eigenvalue weighted by molar-refractivity contribution is 6.05. The molecule has 0 atom stereocenters. The number of aliphatic hydroxyl groups excluding tert-OH is 1. The molecule has 0 unspecified atom stereocenters. The summed E-state index contributed by atoms with van der Waals surface area (Å²) in [6.07, 6.45) is 1.27. The molecule has 0 aliphatic rings. The van der Waals surface area contributed by atoms with Crippen molar-refractivity contribution >= 4 is 11.6 Å². The molecular weight excluding hydrogens is 266 g/mol. The van der Waals surface area contributed by atoms with E-state index in [0.29, 0.717) is 24.1 Å². The predicted molar refractivity (Wildman–Crippen MR) is 81.3 cm³/mol. The predicted octanol–water partition coefficient (Wildman–Crippen LogP) is 2.13. The van der Waals surface area contributed by atoms with Crippen molar-refractivity contribution in [3.05, 3.63) is 52.8 Å². The first-order chi connectivity index (χ1) is 10.1. The van der Waals surface area contributed by atoms with Crippen LogP contribution in [0.4, 0.5) is 5.69 Å². The molecule has 0 bridgehead atoms. The first-order valence-electron chi connectivity index (χ1n) is 6.98. The molecule has 0 radical (unpaired) electrons. The second-order valence-corrected chi connectivity index (χ2v) is 4.82. The lowest BCUT2D eigenvalue weighted by Crippen LogP contribution is -2.16. The van der Waals surface area contributed by atoms with Crippen LogP contribution in [0.1, 0.15) is 34.2 Å². The van der Waals surface area contributed by atoms with Crippen molar-refractivity contribution in [2.75, 3.05) is 11.9 Å². The van der Waals surface area contributed by atoms with Gasteiger partial charge in [-0.3, -0.25) is 4.79 Å². The molecule has 21 heavy (non-hydrogen) atoms. The Labute approximate surface area is 124 Å². The number of benzene rings is 1. The van der Waals surface area contributed by atoms with Crippen LogP contribution in [0, 0.1) is 6.92 Å². The Morgan fingerprint density at radius 1 is 1.24 bits per heavy atom. The number of anilines is 1. The van der Waals surface area contributed by atoms with E-state index in [0.717, 1.165) is 16.9 Å². The number of hydrogen-bond donors (Lipinski definition) is 2. The summed E-state index contributed by atoms with van der Waals surface area (Å²) in [7, 11) is 0. The van der Waals surface area contributed by atoms with Crippen molar-refractivity contribution in [3.63, 3.8) is 0 Å². The second kappa shape index (κ2) is 6.95. The van der Waals surface area contributed by atoms with Crippen molar-refractivity contribution < 1.29 is 9.90 Å². The fourth-order valence-corrected chi connectivity index (χ4v) is 2.05. The molecule has 0 aliphatic carbocycles. The van der Waals surface area contributed by atoms with E-state index in [1.54, 1.807) is 6.07 Å². The van der Waals surface area contributed by atoms with Crippen LogP contribution in [0.15, 0.2) is 30.3 Å². The van der Waals surface area contributed by atoms with Crippen molar-refractivity contribution in [1.82, 2.24) is 10.2 Å².